The van der Waals surface area contributed by atoms with Gasteiger partial charge in [0.15, 0.2) is 0 Å². The molecule has 0 atom stereocenters. The second-order valence-corrected chi connectivity index (χ2v) is 11.7. The number of fused-ring (bicyclic) bond motifs is 6. The fraction of sp³-hybridized carbons (Fsp3) is 0. The molecule has 0 fully saturated rings. The Bertz CT molecular complexity index is 2540. The van der Waals surface area contributed by atoms with Crippen molar-refractivity contribution in [2.45, 2.75) is 0 Å². The summed E-state index contributed by atoms with van der Waals surface area (Å²) in [7, 11) is 0. The minimum atomic E-state index is 0.645. The highest BCUT2D eigenvalue weighted by atomic mass is 15.0. The van der Waals surface area contributed by atoms with Crippen molar-refractivity contribution in [2.75, 3.05) is 0 Å². The van der Waals surface area contributed by atoms with Gasteiger partial charge in [-0.1, -0.05) is 115 Å². The van der Waals surface area contributed by atoms with Crippen LogP contribution in [0.2, 0.25) is 0 Å². The summed E-state index contributed by atoms with van der Waals surface area (Å²) in [5, 5.41) is 14.7. The molecule has 2 heterocycles. The maximum absolute atomic E-state index is 9.76. The van der Waals surface area contributed by atoms with Gasteiger partial charge in [-0.05, 0) is 59.7 Å². The van der Waals surface area contributed by atoms with Crippen molar-refractivity contribution in [2.24, 2.45) is 0 Å². The molecule has 2 aromatic heterocycles. The van der Waals surface area contributed by atoms with Crippen LogP contribution in [0.1, 0.15) is 5.56 Å². The zero-order valence-electron chi connectivity index (χ0n) is 24.9. The quantitative estimate of drug-likeness (QED) is 0.202. The first-order valence-corrected chi connectivity index (χ1v) is 15.5. The van der Waals surface area contributed by atoms with E-state index in [0.717, 1.165) is 44.7 Å². The van der Waals surface area contributed by atoms with Crippen LogP contribution >= 0.6 is 0 Å². The van der Waals surface area contributed by atoms with E-state index in [1.807, 2.05) is 18.2 Å². The molecule has 46 heavy (non-hydrogen) atoms. The maximum Gasteiger partial charge on any atom is 0.0991 e. The van der Waals surface area contributed by atoms with Gasteiger partial charge in [0.2, 0.25) is 0 Å². The largest absolute Gasteiger partial charge is 0.309 e. The third-order valence-electron chi connectivity index (χ3n) is 9.16. The van der Waals surface area contributed by atoms with Crippen LogP contribution in [0.15, 0.2) is 164 Å². The highest BCUT2D eigenvalue weighted by molar-refractivity contribution is 6.11. The lowest BCUT2D eigenvalue weighted by Gasteiger charge is -2.19. The first-order chi connectivity index (χ1) is 22.8. The van der Waals surface area contributed by atoms with Crippen LogP contribution in [0.5, 0.6) is 0 Å². The fourth-order valence-corrected chi connectivity index (χ4v) is 7.16. The van der Waals surface area contributed by atoms with Crippen LogP contribution in [-0.4, -0.2) is 9.13 Å². The van der Waals surface area contributed by atoms with E-state index in [9.17, 15) is 5.26 Å². The standard InChI is InChI=1S/C43H27N3/c44-28-29-11-9-12-31(27-29)34-18-10-17-33(43(34)46-41-21-7-3-15-37(41)38-16-4-8-22-42(38)46)30-23-25-32(26-24-30)45-39-19-5-1-13-35(39)36-14-2-6-20-40(36)45/h1-27H. The number of aromatic nitrogens is 2. The second kappa shape index (κ2) is 10.4. The SMILES string of the molecule is N#Cc1cccc(-c2cccc(-c3ccc(-n4c5ccccc5c5ccccc54)cc3)c2-n2c3ccccc3c3ccccc32)c1. The molecule has 214 valence electrons. The Hall–Kier alpha value is -6.37. The molecular formula is C43H27N3. The van der Waals surface area contributed by atoms with Crippen LogP contribution < -0.4 is 0 Å². The topological polar surface area (TPSA) is 33.6 Å². The molecular weight excluding hydrogens is 558 g/mol. The number of nitrogens with zero attached hydrogens (tertiary/aromatic N) is 3. The molecule has 0 saturated carbocycles. The Morgan fingerprint density at radius 3 is 1.37 bits per heavy atom. The van der Waals surface area contributed by atoms with Crippen molar-refractivity contribution in [3.8, 4) is 39.7 Å². The van der Waals surface area contributed by atoms with E-state index in [0.29, 0.717) is 5.56 Å². The van der Waals surface area contributed by atoms with E-state index in [1.54, 1.807) is 0 Å². The number of benzene rings is 7. The number of hydrogen-bond acceptors (Lipinski definition) is 1. The molecule has 0 N–H and O–H groups in total. The predicted molar refractivity (Wildman–Crippen MR) is 191 cm³/mol. The van der Waals surface area contributed by atoms with Crippen molar-refractivity contribution in [3.05, 3.63) is 169 Å². The van der Waals surface area contributed by atoms with Gasteiger partial charge in [0.25, 0.3) is 0 Å². The summed E-state index contributed by atoms with van der Waals surface area (Å²) in [4.78, 5) is 0. The third-order valence-corrected chi connectivity index (χ3v) is 9.16. The molecule has 0 bridgehead atoms. The zero-order chi connectivity index (χ0) is 30.6. The Balaban J connectivity index is 1.31. The molecule has 7 aromatic carbocycles. The fourth-order valence-electron chi connectivity index (χ4n) is 7.16. The van der Waals surface area contributed by atoms with Crippen LogP contribution in [0.25, 0.3) is 77.2 Å². The van der Waals surface area contributed by atoms with Gasteiger partial charge in [-0.25, -0.2) is 0 Å². The van der Waals surface area contributed by atoms with Gasteiger partial charge in [-0.3, -0.25) is 0 Å². The Morgan fingerprint density at radius 1 is 0.391 bits per heavy atom. The molecule has 0 amide bonds. The summed E-state index contributed by atoms with van der Waals surface area (Å²) in [6.07, 6.45) is 0. The molecule has 0 spiro atoms. The lowest BCUT2D eigenvalue weighted by molar-refractivity contribution is 1.17. The maximum atomic E-state index is 9.76. The van der Waals surface area contributed by atoms with Gasteiger partial charge >= 0.3 is 0 Å². The third kappa shape index (κ3) is 3.91. The molecule has 0 aliphatic heterocycles. The first-order valence-electron chi connectivity index (χ1n) is 15.5. The van der Waals surface area contributed by atoms with Gasteiger partial charge in [-0.15, -0.1) is 0 Å². The average molecular weight is 586 g/mol. The molecule has 9 aromatic rings. The Labute approximate surface area is 266 Å². The Kier molecular flexibility index (Phi) is 5.88. The van der Waals surface area contributed by atoms with Crippen LogP contribution in [0.3, 0.4) is 0 Å². The van der Waals surface area contributed by atoms with E-state index >= 15 is 0 Å². The number of hydrogen-bond donors (Lipinski definition) is 0. The van der Waals surface area contributed by atoms with E-state index in [-0.39, 0.29) is 0 Å². The molecule has 9 rings (SSSR count). The van der Waals surface area contributed by atoms with Gasteiger partial charge < -0.3 is 9.13 Å². The summed E-state index contributed by atoms with van der Waals surface area (Å²) in [6, 6.07) is 60.2. The molecule has 0 saturated heterocycles. The molecule has 0 aliphatic carbocycles. The molecule has 0 aliphatic rings. The summed E-state index contributed by atoms with van der Waals surface area (Å²) >= 11 is 0. The van der Waals surface area contributed by atoms with Gasteiger partial charge in [0.1, 0.15) is 0 Å². The lowest BCUT2D eigenvalue weighted by Crippen LogP contribution is -2.01. The van der Waals surface area contributed by atoms with Crippen LogP contribution in [-0.2, 0) is 0 Å². The van der Waals surface area contributed by atoms with Crippen molar-refractivity contribution >= 4 is 43.6 Å². The van der Waals surface area contributed by atoms with E-state index < -0.39 is 0 Å². The van der Waals surface area contributed by atoms with Crippen LogP contribution in [0.4, 0.5) is 0 Å². The van der Waals surface area contributed by atoms with E-state index in [1.165, 1.54) is 32.6 Å². The zero-order valence-corrected chi connectivity index (χ0v) is 24.9. The molecule has 0 unspecified atom stereocenters. The summed E-state index contributed by atoms with van der Waals surface area (Å²) in [5.74, 6) is 0. The highest BCUT2D eigenvalue weighted by Crippen LogP contribution is 2.42. The van der Waals surface area contributed by atoms with Gasteiger partial charge in [0, 0.05) is 38.4 Å². The Morgan fingerprint density at radius 2 is 0.848 bits per heavy atom. The number of nitriles is 1. The smallest absolute Gasteiger partial charge is 0.0991 e. The summed E-state index contributed by atoms with van der Waals surface area (Å²) in [5.41, 5.74) is 11.9. The van der Waals surface area contributed by atoms with E-state index in [2.05, 4.69) is 161 Å². The van der Waals surface area contributed by atoms with E-state index in [4.69, 9.17) is 0 Å². The lowest BCUT2D eigenvalue weighted by atomic mass is 9.94. The predicted octanol–water partition coefficient (Wildman–Crippen LogP) is 11.1. The normalized spacial score (nSPS) is 11.5. The van der Waals surface area contributed by atoms with Gasteiger partial charge in [0.05, 0.1) is 39.4 Å². The monoisotopic (exact) mass is 585 g/mol. The minimum Gasteiger partial charge on any atom is -0.309 e. The molecule has 0 radical (unpaired) electrons. The number of para-hydroxylation sites is 5. The second-order valence-electron chi connectivity index (χ2n) is 11.7. The van der Waals surface area contributed by atoms with Crippen molar-refractivity contribution in [1.29, 1.82) is 5.26 Å². The highest BCUT2D eigenvalue weighted by Gasteiger charge is 2.20. The molecule has 3 nitrogen and oxygen atoms in total. The first kappa shape index (κ1) is 26.1. The minimum absolute atomic E-state index is 0.645. The van der Waals surface area contributed by atoms with Gasteiger partial charge in [-0.2, -0.15) is 5.26 Å². The average Bonchev–Trinajstić information content (AvgIpc) is 3.64. The van der Waals surface area contributed by atoms with Crippen molar-refractivity contribution < 1.29 is 0 Å². The van der Waals surface area contributed by atoms with Crippen LogP contribution in [0, 0.1) is 11.3 Å². The summed E-state index contributed by atoms with van der Waals surface area (Å²) in [6.45, 7) is 0. The number of rotatable bonds is 4. The summed E-state index contributed by atoms with van der Waals surface area (Å²) < 4.78 is 4.75. The van der Waals surface area contributed by atoms with Crippen molar-refractivity contribution in [3.63, 3.8) is 0 Å². The molecule has 3 heteroatoms. The van der Waals surface area contributed by atoms with Crippen molar-refractivity contribution in [1.82, 2.24) is 9.13 Å².